The summed E-state index contributed by atoms with van der Waals surface area (Å²) < 4.78 is 4.20. The van der Waals surface area contributed by atoms with Crippen molar-refractivity contribution in [2.24, 2.45) is 5.92 Å². The Kier molecular flexibility index (Phi) is 3.17. The largest absolute Gasteiger partial charge is 0.343 e. The molecule has 0 aromatic carbocycles. The fraction of sp³-hybridized carbons (Fsp3) is 0.727. The summed E-state index contributed by atoms with van der Waals surface area (Å²) in [6.07, 6.45) is 0. The van der Waals surface area contributed by atoms with Crippen LogP contribution in [0.1, 0.15) is 5.82 Å². The zero-order valence-corrected chi connectivity index (χ0v) is 11.2. The number of hydrogen-bond donors (Lipinski definition) is 1. The number of piperazine rings is 1. The number of nitrogens with one attached hydrogen (secondary N) is 1. The first kappa shape index (κ1) is 11.9. The summed E-state index contributed by atoms with van der Waals surface area (Å²) in [5.74, 6) is 1.34. The van der Waals surface area contributed by atoms with E-state index in [4.69, 9.17) is 0 Å². The van der Waals surface area contributed by atoms with E-state index in [0.717, 1.165) is 50.2 Å². The lowest BCUT2D eigenvalue weighted by molar-refractivity contribution is -0.137. The van der Waals surface area contributed by atoms with E-state index >= 15 is 0 Å². The van der Waals surface area contributed by atoms with E-state index in [1.54, 1.807) is 0 Å². The van der Waals surface area contributed by atoms with E-state index in [2.05, 4.69) is 19.6 Å². The van der Waals surface area contributed by atoms with E-state index in [-0.39, 0.29) is 5.92 Å². The fourth-order valence-corrected chi connectivity index (χ4v) is 2.98. The number of amides is 1. The Morgan fingerprint density at radius 1 is 1.33 bits per heavy atom. The highest BCUT2D eigenvalue weighted by molar-refractivity contribution is 7.09. The molecule has 6 nitrogen and oxygen atoms in total. The molecule has 0 unspecified atom stereocenters. The van der Waals surface area contributed by atoms with Gasteiger partial charge in [0, 0.05) is 50.8 Å². The summed E-state index contributed by atoms with van der Waals surface area (Å²) in [5, 5.41) is 4.12. The predicted octanol–water partition coefficient (Wildman–Crippen LogP) is -0.285. The van der Waals surface area contributed by atoms with Gasteiger partial charge < -0.3 is 15.1 Å². The van der Waals surface area contributed by atoms with Gasteiger partial charge in [0.1, 0.15) is 5.82 Å². The lowest BCUT2D eigenvalue weighted by atomic mass is 10.0. The van der Waals surface area contributed by atoms with Crippen molar-refractivity contribution >= 4 is 22.6 Å². The highest BCUT2D eigenvalue weighted by Crippen LogP contribution is 2.19. The molecule has 1 N–H and O–H groups in total. The van der Waals surface area contributed by atoms with Crippen LogP contribution in [0.3, 0.4) is 0 Å². The Morgan fingerprint density at radius 3 is 2.56 bits per heavy atom. The molecular formula is C11H17N5OS. The number of nitrogens with zero attached hydrogens (tertiary/aromatic N) is 4. The average Bonchev–Trinajstić information content (AvgIpc) is 2.74. The lowest BCUT2D eigenvalue weighted by Gasteiger charge is -2.38. The van der Waals surface area contributed by atoms with E-state index in [1.165, 1.54) is 11.5 Å². The van der Waals surface area contributed by atoms with Crippen molar-refractivity contribution in [1.29, 1.82) is 0 Å². The third-order valence-corrected chi connectivity index (χ3v) is 4.38. The third kappa shape index (κ3) is 2.20. The Labute approximate surface area is 110 Å². The second-order valence-corrected chi connectivity index (χ2v) is 5.52. The van der Waals surface area contributed by atoms with Crippen molar-refractivity contribution in [3.8, 4) is 0 Å². The molecule has 2 aliphatic heterocycles. The third-order valence-electron chi connectivity index (χ3n) is 3.51. The first-order valence-corrected chi connectivity index (χ1v) is 7.06. The number of rotatable bonds is 2. The molecule has 2 fully saturated rings. The lowest BCUT2D eigenvalue weighted by Crippen LogP contribution is -2.56. The van der Waals surface area contributed by atoms with Gasteiger partial charge in [-0.15, -0.1) is 0 Å². The molecule has 0 saturated carbocycles. The minimum atomic E-state index is 0.209. The van der Waals surface area contributed by atoms with Crippen LogP contribution in [0.4, 0.5) is 5.13 Å². The van der Waals surface area contributed by atoms with Crippen molar-refractivity contribution < 1.29 is 4.79 Å². The summed E-state index contributed by atoms with van der Waals surface area (Å²) in [7, 11) is 0. The summed E-state index contributed by atoms with van der Waals surface area (Å²) >= 11 is 1.44. The molecule has 1 amide bonds. The Hall–Kier alpha value is -1.21. The number of aryl methyl sites for hydroxylation is 1. The zero-order valence-electron chi connectivity index (χ0n) is 10.4. The smallest absolute Gasteiger partial charge is 0.228 e. The highest BCUT2D eigenvalue weighted by Gasteiger charge is 2.31. The first-order chi connectivity index (χ1) is 8.74. The van der Waals surface area contributed by atoms with Crippen molar-refractivity contribution in [3.05, 3.63) is 5.82 Å². The van der Waals surface area contributed by atoms with Crippen LogP contribution in [0, 0.1) is 12.8 Å². The maximum atomic E-state index is 12.1. The van der Waals surface area contributed by atoms with Crippen LogP contribution >= 0.6 is 11.5 Å². The van der Waals surface area contributed by atoms with Crippen molar-refractivity contribution in [1.82, 2.24) is 19.6 Å². The zero-order chi connectivity index (χ0) is 12.5. The standard InChI is InChI=1S/C11H17N5OS/c1-8-13-11(18-14-8)16-4-2-15(3-5-16)10(17)9-6-12-7-9/h9,12H,2-7H2,1H3. The Balaban J connectivity index is 1.56. The van der Waals surface area contributed by atoms with Gasteiger partial charge in [-0.1, -0.05) is 0 Å². The minimum Gasteiger partial charge on any atom is -0.343 e. The number of hydrogen-bond acceptors (Lipinski definition) is 6. The highest BCUT2D eigenvalue weighted by atomic mass is 32.1. The maximum absolute atomic E-state index is 12.1. The number of anilines is 1. The molecule has 98 valence electrons. The SMILES string of the molecule is Cc1nsc(N2CCN(C(=O)C3CNC3)CC2)n1. The van der Waals surface area contributed by atoms with Gasteiger partial charge in [-0.05, 0) is 6.92 Å². The first-order valence-electron chi connectivity index (χ1n) is 6.29. The van der Waals surface area contributed by atoms with Crippen LogP contribution in [0.2, 0.25) is 0 Å². The summed E-state index contributed by atoms with van der Waals surface area (Å²) in [4.78, 5) is 20.7. The van der Waals surface area contributed by atoms with Gasteiger partial charge in [-0.3, -0.25) is 4.79 Å². The average molecular weight is 267 g/mol. The van der Waals surface area contributed by atoms with Crippen molar-refractivity contribution in [2.75, 3.05) is 44.2 Å². The second kappa shape index (κ2) is 4.81. The topological polar surface area (TPSA) is 61.4 Å². The normalized spacial score (nSPS) is 20.9. The van der Waals surface area contributed by atoms with Gasteiger partial charge in [-0.2, -0.15) is 4.37 Å². The van der Waals surface area contributed by atoms with E-state index in [1.807, 2.05) is 11.8 Å². The van der Waals surface area contributed by atoms with Crippen LogP contribution < -0.4 is 10.2 Å². The van der Waals surface area contributed by atoms with Crippen LogP contribution in [0.15, 0.2) is 0 Å². The summed E-state index contributed by atoms with van der Waals surface area (Å²) in [5.41, 5.74) is 0. The molecule has 18 heavy (non-hydrogen) atoms. The molecule has 2 saturated heterocycles. The van der Waals surface area contributed by atoms with Crippen LogP contribution in [-0.4, -0.2) is 59.4 Å². The minimum absolute atomic E-state index is 0.209. The van der Waals surface area contributed by atoms with Crippen LogP contribution in [0.25, 0.3) is 0 Å². The molecule has 1 aromatic rings. The van der Waals surface area contributed by atoms with Crippen LogP contribution in [0.5, 0.6) is 0 Å². The quantitative estimate of drug-likeness (QED) is 0.798. The molecule has 0 radical (unpaired) electrons. The monoisotopic (exact) mass is 267 g/mol. The maximum Gasteiger partial charge on any atom is 0.228 e. The summed E-state index contributed by atoms with van der Waals surface area (Å²) in [6, 6.07) is 0. The molecule has 0 bridgehead atoms. The summed E-state index contributed by atoms with van der Waals surface area (Å²) in [6.45, 7) is 6.91. The molecule has 0 atom stereocenters. The van der Waals surface area contributed by atoms with E-state index < -0.39 is 0 Å². The molecule has 3 heterocycles. The number of carbonyl (C=O) groups excluding carboxylic acids is 1. The van der Waals surface area contributed by atoms with Crippen molar-refractivity contribution in [3.63, 3.8) is 0 Å². The van der Waals surface area contributed by atoms with Gasteiger partial charge in [0.05, 0.1) is 5.92 Å². The van der Waals surface area contributed by atoms with Crippen LogP contribution in [-0.2, 0) is 4.79 Å². The van der Waals surface area contributed by atoms with Crippen molar-refractivity contribution in [2.45, 2.75) is 6.92 Å². The van der Waals surface area contributed by atoms with Gasteiger partial charge in [0.2, 0.25) is 11.0 Å². The Bertz CT molecular complexity index is 436. The molecule has 7 heteroatoms. The van der Waals surface area contributed by atoms with Gasteiger partial charge in [-0.25, -0.2) is 4.98 Å². The van der Waals surface area contributed by atoms with Gasteiger partial charge in [0.15, 0.2) is 0 Å². The molecular weight excluding hydrogens is 250 g/mol. The van der Waals surface area contributed by atoms with E-state index in [0.29, 0.717) is 5.91 Å². The molecule has 2 aliphatic rings. The predicted molar refractivity (Wildman–Crippen MR) is 69.8 cm³/mol. The van der Waals surface area contributed by atoms with E-state index in [9.17, 15) is 4.79 Å². The molecule has 3 rings (SSSR count). The van der Waals surface area contributed by atoms with Gasteiger partial charge in [0.25, 0.3) is 0 Å². The molecule has 1 aromatic heterocycles. The second-order valence-electron chi connectivity index (χ2n) is 4.79. The molecule has 0 spiro atoms. The molecule has 0 aliphatic carbocycles. The Morgan fingerprint density at radius 2 is 2.06 bits per heavy atom. The fourth-order valence-electron chi connectivity index (χ4n) is 2.25. The number of carbonyl (C=O) groups is 1. The number of aromatic nitrogens is 2. The van der Waals surface area contributed by atoms with Gasteiger partial charge >= 0.3 is 0 Å².